The molecule has 4 nitrogen and oxygen atoms in total. The van der Waals surface area contributed by atoms with Gasteiger partial charge in [0.25, 0.3) is 5.91 Å². The van der Waals surface area contributed by atoms with Crippen LogP contribution in [0, 0.1) is 5.92 Å². The van der Waals surface area contributed by atoms with E-state index in [1.165, 1.54) is 0 Å². The monoisotopic (exact) mass is 234 g/mol. The normalized spacial score (nSPS) is 30.8. The smallest absolute Gasteiger partial charge is 0.267 e. The summed E-state index contributed by atoms with van der Waals surface area (Å²) in [5.41, 5.74) is 1.77. The molecule has 0 spiro atoms. The van der Waals surface area contributed by atoms with Crippen molar-refractivity contribution in [2.24, 2.45) is 5.92 Å². The molecule has 1 aromatic rings. The zero-order chi connectivity index (χ0) is 11.8. The van der Waals surface area contributed by atoms with Crippen LogP contribution in [0.4, 0.5) is 0 Å². The van der Waals surface area contributed by atoms with Crippen LogP contribution in [0.3, 0.4) is 0 Å². The lowest BCUT2D eigenvalue weighted by atomic mass is 9.76. The van der Waals surface area contributed by atoms with Gasteiger partial charge in [-0.05, 0) is 31.4 Å². The van der Waals surface area contributed by atoms with Crippen LogP contribution in [0.1, 0.15) is 35.9 Å². The second kappa shape index (κ2) is 4.18. The number of carbonyl (C=O) groups excluding carboxylic acids is 1. The van der Waals surface area contributed by atoms with E-state index in [2.05, 4.69) is 17.2 Å². The van der Waals surface area contributed by atoms with Crippen LogP contribution in [0.5, 0.6) is 0 Å². The van der Waals surface area contributed by atoms with Gasteiger partial charge in [-0.25, -0.2) is 0 Å². The molecule has 17 heavy (non-hydrogen) atoms. The zero-order valence-electron chi connectivity index (χ0n) is 10.0. The zero-order valence-corrected chi connectivity index (χ0v) is 10.0. The van der Waals surface area contributed by atoms with Gasteiger partial charge in [-0.15, -0.1) is 0 Å². The highest BCUT2D eigenvalue weighted by molar-refractivity contribution is 5.92. The Morgan fingerprint density at radius 1 is 1.59 bits per heavy atom. The Hall–Kier alpha value is -1.29. The number of fused-ring (bicyclic) bond motifs is 1. The molecule has 2 aliphatic rings. The summed E-state index contributed by atoms with van der Waals surface area (Å²) in [6.07, 6.45) is 3.38. The van der Waals surface area contributed by atoms with E-state index in [1.807, 2.05) is 12.1 Å². The van der Waals surface area contributed by atoms with Crippen LogP contribution in [0.2, 0.25) is 0 Å². The average Bonchev–Trinajstić information content (AvgIpc) is 2.92. The quantitative estimate of drug-likeness (QED) is 0.832. The molecule has 1 aliphatic heterocycles. The number of hydrogen-bond acceptors (Lipinski definition) is 2. The van der Waals surface area contributed by atoms with Gasteiger partial charge >= 0.3 is 0 Å². The lowest BCUT2D eigenvalue weighted by Gasteiger charge is -2.39. The van der Waals surface area contributed by atoms with Gasteiger partial charge in [0.2, 0.25) is 0 Å². The Labute approximate surface area is 101 Å². The summed E-state index contributed by atoms with van der Waals surface area (Å²) in [5.74, 6) is 0.555. The third-order valence-corrected chi connectivity index (χ3v) is 3.95. The summed E-state index contributed by atoms with van der Waals surface area (Å²) in [4.78, 5) is 15.1. The minimum atomic E-state index is 0.0139. The molecule has 0 bridgehead atoms. The van der Waals surface area contributed by atoms with Gasteiger partial charge < -0.3 is 15.0 Å². The highest BCUT2D eigenvalue weighted by atomic mass is 16.5. The van der Waals surface area contributed by atoms with Crippen LogP contribution in [0.25, 0.3) is 0 Å². The topological polar surface area (TPSA) is 54.1 Å². The molecule has 0 aromatic carbocycles. The molecular formula is C13H18N2O2. The number of H-pyrrole nitrogens is 1. The van der Waals surface area contributed by atoms with Gasteiger partial charge in [-0.2, -0.15) is 0 Å². The summed E-state index contributed by atoms with van der Waals surface area (Å²) in [6.45, 7) is 2.92. The van der Waals surface area contributed by atoms with Crippen molar-refractivity contribution >= 4 is 5.91 Å². The van der Waals surface area contributed by atoms with E-state index in [4.69, 9.17) is 4.74 Å². The Balaban J connectivity index is 1.60. The maximum Gasteiger partial charge on any atom is 0.267 e. The summed E-state index contributed by atoms with van der Waals surface area (Å²) in [7, 11) is 0. The molecule has 3 rings (SSSR count). The maximum absolute atomic E-state index is 12.0. The number of ether oxygens (including phenoxy) is 1. The van der Waals surface area contributed by atoms with Gasteiger partial charge in [0.15, 0.2) is 0 Å². The van der Waals surface area contributed by atoms with Crippen LogP contribution in [-0.2, 0) is 11.2 Å². The van der Waals surface area contributed by atoms with Crippen LogP contribution in [-0.4, -0.2) is 29.6 Å². The average molecular weight is 234 g/mol. The SMILES string of the molecule is CCc1ccc(C(=O)N[C@@H]2C[C@@H]3OCC[C@@H]32)[nH]1. The molecule has 1 aromatic heterocycles. The number of nitrogens with one attached hydrogen (secondary N) is 2. The van der Waals surface area contributed by atoms with E-state index >= 15 is 0 Å². The molecular weight excluding hydrogens is 216 g/mol. The molecule has 0 unspecified atom stereocenters. The predicted octanol–water partition coefficient (Wildman–Crippen LogP) is 1.48. The molecule has 1 amide bonds. The molecule has 1 saturated carbocycles. The summed E-state index contributed by atoms with van der Waals surface area (Å²) >= 11 is 0. The Bertz CT molecular complexity index is 427. The van der Waals surface area contributed by atoms with Crippen LogP contribution < -0.4 is 5.32 Å². The van der Waals surface area contributed by atoms with E-state index in [0.717, 1.165) is 31.6 Å². The molecule has 92 valence electrons. The molecule has 3 atom stereocenters. The van der Waals surface area contributed by atoms with E-state index in [1.54, 1.807) is 0 Å². The molecule has 2 fully saturated rings. The molecule has 2 heterocycles. The third-order valence-electron chi connectivity index (χ3n) is 3.95. The first kappa shape index (κ1) is 10.8. The number of amides is 1. The van der Waals surface area contributed by atoms with Gasteiger partial charge in [0.1, 0.15) is 5.69 Å². The predicted molar refractivity (Wildman–Crippen MR) is 63.9 cm³/mol. The van der Waals surface area contributed by atoms with E-state index in [9.17, 15) is 4.79 Å². The fourth-order valence-corrected chi connectivity index (χ4v) is 2.79. The second-order valence-corrected chi connectivity index (χ2v) is 4.93. The molecule has 1 saturated heterocycles. The first-order chi connectivity index (χ1) is 8.28. The first-order valence-electron chi connectivity index (χ1n) is 6.38. The minimum absolute atomic E-state index is 0.0139. The van der Waals surface area contributed by atoms with Crippen molar-refractivity contribution in [2.75, 3.05) is 6.61 Å². The number of aromatic amines is 1. The molecule has 2 N–H and O–H groups in total. The van der Waals surface area contributed by atoms with Crippen molar-refractivity contribution in [2.45, 2.75) is 38.3 Å². The lowest BCUT2D eigenvalue weighted by Crippen LogP contribution is -2.53. The Kier molecular flexibility index (Phi) is 2.67. The van der Waals surface area contributed by atoms with Crippen molar-refractivity contribution in [3.8, 4) is 0 Å². The summed E-state index contributed by atoms with van der Waals surface area (Å²) in [6, 6.07) is 4.13. The lowest BCUT2D eigenvalue weighted by molar-refractivity contribution is 0.00803. The van der Waals surface area contributed by atoms with Crippen molar-refractivity contribution in [3.63, 3.8) is 0 Å². The number of aromatic nitrogens is 1. The van der Waals surface area contributed by atoms with Crippen LogP contribution >= 0.6 is 0 Å². The van der Waals surface area contributed by atoms with Crippen LogP contribution in [0.15, 0.2) is 12.1 Å². The van der Waals surface area contributed by atoms with Crippen molar-refractivity contribution < 1.29 is 9.53 Å². The van der Waals surface area contributed by atoms with Gasteiger partial charge in [-0.3, -0.25) is 4.79 Å². The van der Waals surface area contributed by atoms with E-state index < -0.39 is 0 Å². The number of hydrogen-bond donors (Lipinski definition) is 2. The first-order valence-corrected chi connectivity index (χ1v) is 6.38. The fourth-order valence-electron chi connectivity index (χ4n) is 2.79. The van der Waals surface area contributed by atoms with Gasteiger partial charge in [0, 0.05) is 24.3 Å². The molecule has 0 radical (unpaired) electrons. The molecule has 1 aliphatic carbocycles. The highest BCUT2D eigenvalue weighted by Gasteiger charge is 2.45. The van der Waals surface area contributed by atoms with Crippen molar-refractivity contribution in [3.05, 3.63) is 23.5 Å². The highest BCUT2D eigenvalue weighted by Crippen LogP contribution is 2.38. The Morgan fingerprint density at radius 3 is 3.18 bits per heavy atom. The summed E-state index contributed by atoms with van der Waals surface area (Å²) < 4.78 is 5.53. The largest absolute Gasteiger partial charge is 0.378 e. The van der Waals surface area contributed by atoms with Crippen molar-refractivity contribution in [1.82, 2.24) is 10.3 Å². The number of rotatable bonds is 3. The number of aryl methyl sites for hydroxylation is 1. The van der Waals surface area contributed by atoms with Crippen molar-refractivity contribution in [1.29, 1.82) is 0 Å². The van der Waals surface area contributed by atoms with E-state index in [0.29, 0.717) is 23.8 Å². The van der Waals surface area contributed by atoms with E-state index in [-0.39, 0.29) is 5.91 Å². The minimum Gasteiger partial charge on any atom is -0.378 e. The standard InChI is InChI=1S/C13H18N2O2/c1-2-8-3-4-10(14-8)13(16)15-11-7-12-9(11)5-6-17-12/h3-4,9,11-12,14H,2,5-7H2,1H3,(H,15,16)/t9-,11-,12+/m1/s1. The van der Waals surface area contributed by atoms with Gasteiger partial charge in [0.05, 0.1) is 6.10 Å². The Morgan fingerprint density at radius 2 is 2.47 bits per heavy atom. The third kappa shape index (κ3) is 1.86. The maximum atomic E-state index is 12.0. The number of carbonyl (C=O) groups is 1. The fraction of sp³-hybridized carbons (Fsp3) is 0.615. The second-order valence-electron chi connectivity index (χ2n) is 4.93. The van der Waals surface area contributed by atoms with Gasteiger partial charge in [-0.1, -0.05) is 6.92 Å². The molecule has 4 heteroatoms. The summed E-state index contributed by atoms with van der Waals surface area (Å²) in [5, 5.41) is 3.09.